The number of rotatable bonds is 4. The smallest absolute Gasteiger partial charge is 0.121 e. The summed E-state index contributed by atoms with van der Waals surface area (Å²) in [5.74, 6) is 0.870. The van der Waals surface area contributed by atoms with Gasteiger partial charge in [0.1, 0.15) is 11.8 Å². The topological polar surface area (TPSA) is 45.0 Å². The zero-order valence-electron chi connectivity index (χ0n) is 11.4. The molecule has 0 atom stereocenters. The first kappa shape index (κ1) is 14.2. The number of ether oxygens (including phenoxy) is 1. The minimum atomic E-state index is 0.583. The van der Waals surface area contributed by atoms with Gasteiger partial charge in [-0.3, -0.25) is 0 Å². The number of anilines is 1. The number of hydrogen-bond donors (Lipinski definition) is 1. The van der Waals surface area contributed by atoms with Gasteiger partial charge in [0.05, 0.1) is 18.4 Å². The fourth-order valence-electron chi connectivity index (χ4n) is 2.01. The van der Waals surface area contributed by atoms with Gasteiger partial charge in [-0.2, -0.15) is 5.26 Å². The van der Waals surface area contributed by atoms with Crippen LogP contribution < -0.4 is 10.1 Å². The number of nitrogens with zero attached hydrogens (tertiary/aromatic N) is 1. The average Bonchev–Trinajstić information content (AvgIpc) is 2.45. The summed E-state index contributed by atoms with van der Waals surface area (Å²) >= 11 is 5.95. The van der Waals surface area contributed by atoms with Crippen molar-refractivity contribution in [1.82, 2.24) is 0 Å². The molecule has 0 radical (unpaired) electrons. The lowest BCUT2D eigenvalue weighted by Gasteiger charge is -2.11. The maximum absolute atomic E-state index is 9.07. The molecule has 4 heteroatoms. The Balaban J connectivity index is 2.15. The van der Waals surface area contributed by atoms with E-state index >= 15 is 0 Å². The van der Waals surface area contributed by atoms with E-state index in [2.05, 4.69) is 17.5 Å². The molecule has 1 N–H and O–H groups in total. The third-order valence-corrected chi connectivity index (χ3v) is 3.28. The van der Waals surface area contributed by atoms with Crippen LogP contribution in [0.1, 0.15) is 16.7 Å². The molecule has 0 saturated carbocycles. The molecule has 0 unspecified atom stereocenters. The Labute approximate surface area is 123 Å². The second-order valence-corrected chi connectivity index (χ2v) is 4.90. The molecule has 0 aromatic heterocycles. The Morgan fingerprint density at radius 2 is 2.05 bits per heavy atom. The number of nitriles is 1. The standard InChI is InChI=1S/C16H15ClN2O/c1-11-7-12(3-6-16(11)20-2)10-19-15-8-14(17)5-4-13(15)9-18/h3-8,19H,10H2,1-2H3. The van der Waals surface area contributed by atoms with Gasteiger partial charge < -0.3 is 10.1 Å². The maximum Gasteiger partial charge on any atom is 0.121 e. The largest absolute Gasteiger partial charge is 0.496 e. The molecule has 0 heterocycles. The van der Waals surface area contributed by atoms with E-state index in [1.807, 2.05) is 19.1 Å². The number of nitrogens with one attached hydrogen (secondary N) is 1. The van der Waals surface area contributed by atoms with Gasteiger partial charge in [0, 0.05) is 11.6 Å². The quantitative estimate of drug-likeness (QED) is 0.919. The SMILES string of the molecule is COc1ccc(CNc2cc(Cl)ccc2C#N)cc1C. The molecule has 0 spiro atoms. The van der Waals surface area contributed by atoms with Crippen LogP contribution in [0.2, 0.25) is 5.02 Å². The molecule has 102 valence electrons. The molecular weight excluding hydrogens is 272 g/mol. The number of benzene rings is 2. The third kappa shape index (κ3) is 3.23. The van der Waals surface area contributed by atoms with E-state index in [9.17, 15) is 0 Å². The first-order chi connectivity index (χ1) is 9.63. The molecule has 0 amide bonds. The minimum absolute atomic E-state index is 0.583. The van der Waals surface area contributed by atoms with Crippen LogP contribution in [0.4, 0.5) is 5.69 Å². The van der Waals surface area contributed by atoms with Crippen LogP contribution in [0, 0.1) is 18.3 Å². The number of hydrogen-bond acceptors (Lipinski definition) is 3. The van der Waals surface area contributed by atoms with E-state index in [4.69, 9.17) is 21.6 Å². The van der Waals surface area contributed by atoms with Gasteiger partial charge in [0.25, 0.3) is 0 Å². The molecule has 0 aliphatic heterocycles. The van der Waals surface area contributed by atoms with Crippen molar-refractivity contribution in [3.8, 4) is 11.8 Å². The van der Waals surface area contributed by atoms with E-state index in [1.54, 1.807) is 25.3 Å². The van der Waals surface area contributed by atoms with Gasteiger partial charge in [-0.05, 0) is 42.3 Å². The third-order valence-electron chi connectivity index (χ3n) is 3.04. The Hall–Kier alpha value is -2.18. The summed E-state index contributed by atoms with van der Waals surface area (Å²) in [6.45, 7) is 2.63. The summed E-state index contributed by atoms with van der Waals surface area (Å²) in [7, 11) is 1.66. The lowest BCUT2D eigenvalue weighted by molar-refractivity contribution is 0.411. The first-order valence-corrected chi connectivity index (χ1v) is 6.59. The van der Waals surface area contributed by atoms with Crippen molar-refractivity contribution in [3.05, 3.63) is 58.1 Å². The van der Waals surface area contributed by atoms with Crippen molar-refractivity contribution in [2.45, 2.75) is 13.5 Å². The highest BCUT2D eigenvalue weighted by molar-refractivity contribution is 6.30. The Kier molecular flexibility index (Phi) is 4.49. The van der Waals surface area contributed by atoms with Crippen molar-refractivity contribution < 1.29 is 4.74 Å². The van der Waals surface area contributed by atoms with Gasteiger partial charge in [0.2, 0.25) is 0 Å². The Bertz CT molecular complexity index is 662. The summed E-state index contributed by atoms with van der Waals surface area (Å²) in [5.41, 5.74) is 3.53. The fourth-order valence-corrected chi connectivity index (χ4v) is 2.18. The highest BCUT2D eigenvalue weighted by Crippen LogP contribution is 2.22. The molecule has 0 fully saturated rings. The van der Waals surface area contributed by atoms with Crippen LogP contribution in [-0.4, -0.2) is 7.11 Å². The molecule has 2 aromatic carbocycles. The zero-order valence-corrected chi connectivity index (χ0v) is 12.2. The summed E-state index contributed by atoms with van der Waals surface area (Å²) in [6, 6.07) is 13.3. The maximum atomic E-state index is 9.07. The van der Waals surface area contributed by atoms with Gasteiger partial charge in [0.15, 0.2) is 0 Å². The summed E-state index contributed by atoms with van der Waals surface area (Å²) < 4.78 is 5.23. The first-order valence-electron chi connectivity index (χ1n) is 6.21. The molecule has 0 aliphatic rings. The summed E-state index contributed by atoms with van der Waals surface area (Å²) in [6.07, 6.45) is 0. The van der Waals surface area contributed by atoms with Crippen molar-refractivity contribution in [3.63, 3.8) is 0 Å². The van der Waals surface area contributed by atoms with Crippen molar-refractivity contribution in [1.29, 1.82) is 5.26 Å². The van der Waals surface area contributed by atoms with Crippen LogP contribution in [0.25, 0.3) is 0 Å². The number of halogens is 1. The predicted octanol–water partition coefficient (Wildman–Crippen LogP) is 4.14. The van der Waals surface area contributed by atoms with Crippen molar-refractivity contribution in [2.75, 3.05) is 12.4 Å². The lowest BCUT2D eigenvalue weighted by Crippen LogP contribution is -2.02. The minimum Gasteiger partial charge on any atom is -0.496 e. The second kappa shape index (κ2) is 6.31. The van der Waals surface area contributed by atoms with Crippen molar-refractivity contribution in [2.24, 2.45) is 0 Å². The zero-order chi connectivity index (χ0) is 14.5. The van der Waals surface area contributed by atoms with Gasteiger partial charge >= 0.3 is 0 Å². The van der Waals surface area contributed by atoms with E-state index in [0.29, 0.717) is 17.1 Å². The van der Waals surface area contributed by atoms with E-state index in [-0.39, 0.29) is 0 Å². The van der Waals surface area contributed by atoms with E-state index in [1.165, 1.54) is 0 Å². The predicted molar refractivity (Wildman–Crippen MR) is 81.2 cm³/mol. The average molecular weight is 287 g/mol. The summed E-state index contributed by atoms with van der Waals surface area (Å²) in [5, 5.41) is 12.9. The molecule has 0 aliphatic carbocycles. The van der Waals surface area contributed by atoms with E-state index in [0.717, 1.165) is 22.6 Å². The van der Waals surface area contributed by atoms with Gasteiger partial charge in [-0.1, -0.05) is 23.7 Å². The van der Waals surface area contributed by atoms with Crippen LogP contribution in [-0.2, 0) is 6.54 Å². The highest BCUT2D eigenvalue weighted by atomic mass is 35.5. The molecule has 20 heavy (non-hydrogen) atoms. The van der Waals surface area contributed by atoms with Crippen molar-refractivity contribution >= 4 is 17.3 Å². The van der Waals surface area contributed by atoms with Crippen LogP contribution in [0.15, 0.2) is 36.4 Å². The molecule has 3 nitrogen and oxygen atoms in total. The molecule has 0 saturated heterocycles. The second-order valence-electron chi connectivity index (χ2n) is 4.46. The van der Waals surface area contributed by atoms with Gasteiger partial charge in [-0.25, -0.2) is 0 Å². The number of aryl methyl sites for hydroxylation is 1. The molecule has 2 aromatic rings. The monoisotopic (exact) mass is 286 g/mol. The van der Waals surface area contributed by atoms with E-state index < -0.39 is 0 Å². The summed E-state index contributed by atoms with van der Waals surface area (Å²) in [4.78, 5) is 0. The Morgan fingerprint density at radius 1 is 1.25 bits per heavy atom. The van der Waals surface area contributed by atoms with Crippen LogP contribution in [0.5, 0.6) is 5.75 Å². The number of methoxy groups -OCH3 is 1. The molecule has 0 bridgehead atoms. The lowest BCUT2D eigenvalue weighted by atomic mass is 10.1. The van der Waals surface area contributed by atoms with Crippen LogP contribution in [0.3, 0.4) is 0 Å². The fraction of sp³-hybridized carbons (Fsp3) is 0.188. The normalized spacial score (nSPS) is 9.90. The molecule has 2 rings (SSSR count). The van der Waals surface area contributed by atoms with Gasteiger partial charge in [-0.15, -0.1) is 0 Å². The van der Waals surface area contributed by atoms with Crippen LogP contribution >= 0.6 is 11.6 Å². The highest BCUT2D eigenvalue weighted by Gasteiger charge is 2.04. The molecular formula is C16H15ClN2O. The Morgan fingerprint density at radius 3 is 2.70 bits per heavy atom.